The van der Waals surface area contributed by atoms with Gasteiger partial charge in [0, 0.05) is 32.0 Å². The van der Waals surface area contributed by atoms with Gasteiger partial charge in [-0.15, -0.1) is 0 Å². The van der Waals surface area contributed by atoms with E-state index < -0.39 is 12.0 Å². The van der Waals surface area contributed by atoms with Crippen molar-refractivity contribution in [3.8, 4) is 0 Å². The third kappa shape index (κ3) is 6.02. The summed E-state index contributed by atoms with van der Waals surface area (Å²) in [5, 5.41) is 15.1. The van der Waals surface area contributed by atoms with Gasteiger partial charge in [0.15, 0.2) is 0 Å². The minimum atomic E-state index is -0.701. The van der Waals surface area contributed by atoms with Gasteiger partial charge in [-0.3, -0.25) is 4.79 Å². The Kier molecular flexibility index (Phi) is 8.34. The summed E-state index contributed by atoms with van der Waals surface area (Å²) < 4.78 is 4.63. The lowest BCUT2D eigenvalue weighted by molar-refractivity contribution is -0.144. The first-order valence-corrected chi connectivity index (χ1v) is 6.61. The van der Waals surface area contributed by atoms with Crippen molar-refractivity contribution in [3.63, 3.8) is 0 Å². The third-order valence-electron chi connectivity index (χ3n) is 3.55. The average Bonchev–Trinajstić information content (AvgIpc) is 2.41. The van der Waals surface area contributed by atoms with E-state index in [4.69, 9.17) is 0 Å². The predicted molar refractivity (Wildman–Crippen MR) is 72.6 cm³/mol. The molecule has 1 unspecified atom stereocenters. The number of aliphatic hydroxyl groups excluding tert-OH is 1. The Morgan fingerprint density at radius 2 is 1.89 bits per heavy atom. The molecule has 0 aromatic heterocycles. The first-order valence-electron chi connectivity index (χ1n) is 6.61. The molecule has 6 nitrogen and oxygen atoms in total. The van der Waals surface area contributed by atoms with Crippen molar-refractivity contribution >= 4 is 11.9 Å². The molecule has 19 heavy (non-hydrogen) atoms. The van der Waals surface area contributed by atoms with E-state index in [0.29, 0.717) is 6.54 Å². The zero-order valence-electron chi connectivity index (χ0n) is 12.3. The standard InChI is InChI=1S/C13H26N2O4/c1-5-13(6-2,9-16)8-14-7-11(12(18)19-4)15-10(3)17/h11,14,16H,5-9H2,1-4H3,(H,15,17). The number of esters is 1. The van der Waals surface area contributed by atoms with Crippen molar-refractivity contribution in [1.82, 2.24) is 10.6 Å². The second-order valence-corrected chi connectivity index (χ2v) is 4.77. The molecule has 3 N–H and O–H groups in total. The highest BCUT2D eigenvalue weighted by molar-refractivity contribution is 5.83. The number of nitrogens with one attached hydrogen (secondary N) is 2. The number of methoxy groups -OCH3 is 1. The molecule has 0 heterocycles. The van der Waals surface area contributed by atoms with Gasteiger partial charge in [0.25, 0.3) is 0 Å². The van der Waals surface area contributed by atoms with Crippen LogP contribution >= 0.6 is 0 Å². The largest absolute Gasteiger partial charge is 0.467 e. The molecule has 0 saturated heterocycles. The molecule has 0 aromatic rings. The van der Waals surface area contributed by atoms with Crippen LogP contribution in [0.1, 0.15) is 33.6 Å². The lowest BCUT2D eigenvalue weighted by Crippen LogP contribution is -2.49. The monoisotopic (exact) mass is 274 g/mol. The topological polar surface area (TPSA) is 87.7 Å². The molecule has 0 saturated carbocycles. The van der Waals surface area contributed by atoms with E-state index >= 15 is 0 Å². The van der Waals surface area contributed by atoms with Gasteiger partial charge in [-0.25, -0.2) is 4.79 Å². The van der Waals surface area contributed by atoms with E-state index in [2.05, 4.69) is 15.4 Å². The van der Waals surface area contributed by atoms with E-state index in [9.17, 15) is 14.7 Å². The molecule has 1 atom stereocenters. The number of rotatable bonds is 9. The van der Waals surface area contributed by atoms with Gasteiger partial charge in [-0.05, 0) is 12.8 Å². The van der Waals surface area contributed by atoms with Crippen LogP contribution in [0, 0.1) is 5.41 Å². The Labute approximate surface area is 114 Å². The van der Waals surface area contributed by atoms with Gasteiger partial charge in [0.1, 0.15) is 6.04 Å². The highest BCUT2D eigenvalue weighted by atomic mass is 16.5. The molecule has 0 fully saturated rings. The van der Waals surface area contributed by atoms with Crippen LogP contribution in [0.15, 0.2) is 0 Å². The first-order chi connectivity index (χ1) is 8.94. The fraction of sp³-hybridized carbons (Fsp3) is 0.846. The summed E-state index contributed by atoms with van der Waals surface area (Å²) in [6, 6.07) is -0.701. The average molecular weight is 274 g/mol. The molecule has 0 bridgehead atoms. The quantitative estimate of drug-likeness (QED) is 0.517. The lowest BCUT2D eigenvalue weighted by Gasteiger charge is -2.30. The molecule has 0 rings (SSSR count). The van der Waals surface area contributed by atoms with Crippen molar-refractivity contribution in [3.05, 3.63) is 0 Å². The number of carbonyl (C=O) groups excluding carboxylic acids is 2. The number of hydrogen-bond acceptors (Lipinski definition) is 5. The Morgan fingerprint density at radius 1 is 1.32 bits per heavy atom. The second-order valence-electron chi connectivity index (χ2n) is 4.77. The zero-order valence-corrected chi connectivity index (χ0v) is 12.3. The van der Waals surface area contributed by atoms with Crippen LogP contribution in [0.4, 0.5) is 0 Å². The lowest BCUT2D eigenvalue weighted by atomic mass is 9.83. The summed E-state index contributed by atoms with van der Waals surface area (Å²) in [5.74, 6) is -0.762. The summed E-state index contributed by atoms with van der Waals surface area (Å²) in [6.45, 7) is 6.36. The number of hydrogen-bond donors (Lipinski definition) is 3. The third-order valence-corrected chi connectivity index (χ3v) is 3.55. The van der Waals surface area contributed by atoms with E-state index in [0.717, 1.165) is 12.8 Å². The van der Waals surface area contributed by atoms with Crippen LogP contribution < -0.4 is 10.6 Å². The summed E-state index contributed by atoms with van der Waals surface area (Å²) in [4.78, 5) is 22.5. The number of carbonyl (C=O) groups is 2. The number of aliphatic hydroxyl groups is 1. The Hall–Kier alpha value is -1.14. The van der Waals surface area contributed by atoms with Gasteiger partial charge in [0.2, 0.25) is 5.91 Å². The van der Waals surface area contributed by atoms with Gasteiger partial charge < -0.3 is 20.5 Å². The molecular weight excluding hydrogens is 248 g/mol. The van der Waals surface area contributed by atoms with Crippen molar-refractivity contribution < 1.29 is 19.4 Å². The Bertz CT molecular complexity index is 282. The zero-order chi connectivity index (χ0) is 14.9. The maximum absolute atomic E-state index is 11.5. The molecule has 0 aromatic carbocycles. The van der Waals surface area contributed by atoms with E-state index in [-0.39, 0.29) is 24.5 Å². The molecule has 1 amide bonds. The molecular formula is C13H26N2O4. The van der Waals surface area contributed by atoms with Gasteiger partial charge in [-0.2, -0.15) is 0 Å². The summed E-state index contributed by atoms with van der Waals surface area (Å²) >= 11 is 0. The number of amides is 1. The maximum atomic E-state index is 11.5. The van der Waals surface area contributed by atoms with E-state index in [1.807, 2.05) is 13.8 Å². The smallest absolute Gasteiger partial charge is 0.329 e. The minimum Gasteiger partial charge on any atom is -0.467 e. The van der Waals surface area contributed by atoms with Gasteiger partial charge in [-0.1, -0.05) is 13.8 Å². The fourth-order valence-corrected chi connectivity index (χ4v) is 1.84. The highest BCUT2D eigenvalue weighted by Crippen LogP contribution is 2.24. The van der Waals surface area contributed by atoms with Crippen molar-refractivity contribution in [1.29, 1.82) is 0 Å². The summed E-state index contributed by atoms with van der Waals surface area (Å²) in [6.07, 6.45) is 1.69. The molecule has 6 heteroatoms. The molecule has 0 spiro atoms. The van der Waals surface area contributed by atoms with Gasteiger partial charge in [0.05, 0.1) is 7.11 Å². The predicted octanol–water partition coefficient (Wildman–Crippen LogP) is 0.0524. The van der Waals surface area contributed by atoms with E-state index in [1.54, 1.807) is 0 Å². The number of ether oxygens (including phenoxy) is 1. The fourth-order valence-electron chi connectivity index (χ4n) is 1.84. The SMILES string of the molecule is CCC(CC)(CO)CNCC(NC(C)=O)C(=O)OC. The first kappa shape index (κ1) is 17.9. The molecule has 0 radical (unpaired) electrons. The van der Waals surface area contributed by atoms with Crippen LogP contribution in [-0.2, 0) is 14.3 Å². The van der Waals surface area contributed by atoms with Crippen molar-refractivity contribution in [2.75, 3.05) is 26.8 Å². The van der Waals surface area contributed by atoms with Crippen LogP contribution in [0.2, 0.25) is 0 Å². The second kappa shape index (κ2) is 8.87. The molecule has 0 aliphatic rings. The van der Waals surface area contributed by atoms with Crippen molar-refractivity contribution in [2.24, 2.45) is 5.41 Å². The Morgan fingerprint density at radius 3 is 2.26 bits per heavy atom. The molecule has 112 valence electrons. The molecule has 0 aliphatic carbocycles. The van der Waals surface area contributed by atoms with Gasteiger partial charge >= 0.3 is 5.97 Å². The Balaban J connectivity index is 4.39. The summed E-state index contributed by atoms with van der Waals surface area (Å²) in [7, 11) is 1.28. The van der Waals surface area contributed by atoms with Crippen molar-refractivity contribution in [2.45, 2.75) is 39.7 Å². The summed E-state index contributed by atoms with van der Waals surface area (Å²) in [5.41, 5.74) is -0.184. The highest BCUT2D eigenvalue weighted by Gasteiger charge is 2.26. The molecule has 0 aliphatic heterocycles. The maximum Gasteiger partial charge on any atom is 0.329 e. The normalized spacial score (nSPS) is 12.9. The van der Waals surface area contributed by atoms with E-state index in [1.165, 1.54) is 14.0 Å². The van der Waals surface area contributed by atoms with Crippen LogP contribution in [-0.4, -0.2) is 49.8 Å². The van der Waals surface area contributed by atoms with Crippen LogP contribution in [0.25, 0.3) is 0 Å². The minimum absolute atomic E-state index is 0.0933. The van der Waals surface area contributed by atoms with Crippen LogP contribution in [0.5, 0.6) is 0 Å². The van der Waals surface area contributed by atoms with Crippen LogP contribution in [0.3, 0.4) is 0 Å².